The number of hydrogen-bond acceptors (Lipinski definition) is 2. The van der Waals surface area contributed by atoms with Crippen molar-refractivity contribution in [3.05, 3.63) is 83.4 Å². The molecule has 28 heavy (non-hydrogen) atoms. The van der Waals surface area contributed by atoms with E-state index in [1.54, 1.807) is 24.3 Å². The van der Waals surface area contributed by atoms with Gasteiger partial charge in [-0.05, 0) is 34.5 Å². The SMILES string of the molecule is O=C(N[C@@H](Cc1ccc(C(F)(F)F)cc1)C(=O)O)c1cccc2ccccc12. The van der Waals surface area contributed by atoms with E-state index in [9.17, 15) is 27.9 Å². The van der Waals surface area contributed by atoms with E-state index in [1.165, 1.54) is 12.1 Å². The molecule has 7 heteroatoms. The van der Waals surface area contributed by atoms with Gasteiger partial charge in [0.1, 0.15) is 6.04 Å². The first-order valence-corrected chi connectivity index (χ1v) is 8.43. The Bertz CT molecular complexity index is 1010. The van der Waals surface area contributed by atoms with Crippen molar-refractivity contribution < 1.29 is 27.9 Å². The van der Waals surface area contributed by atoms with Crippen LogP contribution in [-0.2, 0) is 17.4 Å². The molecule has 3 rings (SSSR count). The maximum Gasteiger partial charge on any atom is 0.416 e. The van der Waals surface area contributed by atoms with Crippen LogP contribution in [0.5, 0.6) is 0 Å². The van der Waals surface area contributed by atoms with E-state index in [1.807, 2.05) is 18.2 Å². The number of hydrogen-bond donors (Lipinski definition) is 2. The van der Waals surface area contributed by atoms with Crippen molar-refractivity contribution in [1.29, 1.82) is 0 Å². The number of aliphatic carboxylic acids is 1. The third-order valence-electron chi connectivity index (χ3n) is 4.36. The fraction of sp³-hybridized carbons (Fsp3) is 0.143. The lowest BCUT2D eigenvalue weighted by molar-refractivity contribution is -0.139. The molecule has 3 aromatic carbocycles. The van der Waals surface area contributed by atoms with Crippen LogP contribution in [0, 0.1) is 0 Å². The van der Waals surface area contributed by atoms with Crippen LogP contribution in [0.2, 0.25) is 0 Å². The van der Waals surface area contributed by atoms with Gasteiger partial charge in [0, 0.05) is 12.0 Å². The Balaban J connectivity index is 1.79. The van der Waals surface area contributed by atoms with Gasteiger partial charge in [0.05, 0.1) is 5.56 Å². The molecule has 0 unspecified atom stereocenters. The van der Waals surface area contributed by atoms with Crippen LogP contribution in [0.3, 0.4) is 0 Å². The molecule has 4 nitrogen and oxygen atoms in total. The maximum atomic E-state index is 12.6. The van der Waals surface area contributed by atoms with Gasteiger partial charge in [-0.1, -0.05) is 48.5 Å². The van der Waals surface area contributed by atoms with Gasteiger partial charge in [0.25, 0.3) is 5.91 Å². The first kappa shape index (κ1) is 19.4. The second kappa shape index (κ2) is 7.72. The Morgan fingerprint density at radius 2 is 1.57 bits per heavy atom. The first-order chi connectivity index (χ1) is 13.3. The molecule has 0 radical (unpaired) electrons. The number of benzene rings is 3. The number of amides is 1. The van der Waals surface area contributed by atoms with Crippen molar-refractivity contribution in [2.45, 2.75) is 18.6 Å². The second-order valence-corrected chi connectivity index (χ2v) is 6.29. The lowest BCUT2D eigenvalue weighted by Gasteiger charge is -2.16. The Morgan fingerprint density at radius 1 is 0.929 bits per heavy atom. The normalized spacial score (nSPS) is 12.5. The summed E-state index contributed by atoms with van der Waals surface area (Å²) in [6.07, 6.45) is -4.60. The molecule has 0 fully saturated rings. The van der Waals surface area contributed by atoms with Gasteiger partial charge < -0.3 is 10.4 Å². The maximum absolute atomic E-state index is 12.6. The van der Waals surface area contributed by atoms with Gasteiger partial charge in [-0.2, -0.15) is 13.2 Å². The molecule has 0 aliphatic heterocycles. The quantitative estimate of drug-likeness (QED) is 0.687. The zero-order chi connectivity index (χ0) is 20.3. The molecule has 0 bridgehead atoms. The van der Waals surface area contributed by atoms with Gasteiger partial charge >= 0.3 is 12.1 Å². The lowest BCUT2D eigenvalue weighted by atomic mass is 10.0. The highest BCUT2D eigenvalue weighted by Gasteiger charge is 2.30. The molecule has 0 saturated heterocycles. The fourth-order valence-electron chi connectivity index (χ4n) is 2.92. The average molecular weight is 387 g/mol. The van der Waals surface area contributed by atoms with Gasteiger partial charge in [0.2, 0.25) is 0 Å². The van der Waals surface area contributed by atoms with Crippen LogP contribution in [-0.4, -0.2) is 23.0 Å². The number of fused-ring (bicyclic) bond motifs is 1. The van der Waals surface area contributed by atoms with E-state index in [0.29, 0.717) is 16.5 Å². The van der Waals surface area contributed by atoms with Gasteiger partial charge in [-0.3, -0.25) is 4.79 Å². The van der Waals surface area contributed by atoms with Crippen molar-refractivity contribution in [3.8, 4) is 0 Å². The fourth-order valence-corrected chi connectivity index (χ4v) is 2.92. The zero-order valence-electron chi connectivity index (χ0n) is 14.5. The zero-order valence-corrected chi connectivity index (χ0v) is 14.5. The number of carbonyl (C=O) groups excluding carboxylic acids is 1. The van der Waals surface area contributed by atoms with E-state index >= 15 is 0 Å². The summed E-state index contributed by atoms with van der Waals surface area (Å²) in [6.45, 7) is 0. The number of carbonyl (C=O) groups is 2. The van der Waals surface area contributed by atoms with E-state index < -0.39 is 29.7 Å². The summed E-state index contributed by atoms with van der Waals surface area (Å²) >= 11 is 0. The summed E-state index contributed by atoms with van der Waals surface area (Å²) in [5, 5.41) is 13.4. The van der Waals surface area contributed by atoms with Crippen LogP contribution in [0.4, 0.5) is 13.2 Å². The highest BCUT2D eigenvalue weighted by molar-refractivity contribution is 6.07. The van der Waals surface area contributed by atoms with Crippen molar-refractivity contribution in [2.75, 3.05) is 0 Å². The van der Waals surface area contributed by atoms with Crippen molar-refractivity contribution in [1.82, 2.24) is 5.32 Å². The molecule has 2 N–H and O–H groups in total. The van der Waals surface area contributed by atoms with E-state index in [2.05, 4.69) is 5.32 Å². The van der Waals surface area contributed by atoms with E-state index in [4.69, 9.17) is 0 Å². The van der Waals surface area contributed by atoms with Crippen LogP contribution in [0.25, 0.3) is 10.8 Å². The summed E-state index contributed by atoms with van der Waals surface area (Å²) in [5.41, 5.74) is -0.113. The molecule has 1 amide bonds. The van der Waals surface area contributed by atoms with Crippen LogP contribution in [0.15, 0.2) is 66.7 Å². The Morgan fingerprint density at radius 3 is 2.21 bits per heavy atom. The second-order valence-electron chi connectivity index (χ2n) is 6.29. The molecule has 144 valence electrons. The van der Waals surface area contributed by atoms with Gasteiger partial charge in [-0.15, -0.1) is 0 Å². The summed E-state index contributed by atoms with van der Waals surface area (Å²) in [6, 6.07) is 15.3. The summed E-state index contributed by atoms with van der Waals surface area (Å²) in [7, 11) is 0. The van der Waals surface area contributed by atoms with Crippen molar-refractivity contribution in [2.24, 2.45) is 0 Å². The molecule has 0 saturated carbocycles. The summed E-state index contributed by atoms with van der Waals surface area (Å²) in [4.78, 5) is 24.2. The number of carboxylic acid groups (broad SMARTS) is 1. The Hall–Kier alpha value is -3.35. The molecular weight excluding hydrogens is 371 g/mol. The average Bonchev–Trinajstić information content (AvgIpc) is 2.66. The smallest absolute Gasteiger partial charge is 0.416 e. The number of halogens is 3. The van der Waals surface area contributed by atoms with Gasteiger partial charge in [0.15, 0.2) is 0 Å². The minimum Gasteiger partial charge on any atom is -0.480 e. The molecular formula is C21H16F3NO3. The van der Waals surface area contributed by atoms with E-state index in [0.717, 1.165) is 17.5 Å². The molecule has 0 aliphatic carbocycles. The number of carboxylic acids is 1. The minimum absolute atomic E-state index is 0.135. The van der Waals surface area contributed by atoms with Crippen LogP contribution < -0.4 is 5.32 Å². The van der Waals surface area contributed by atoms with Crippen molar-refractivity contribution in [3.63, 3.8) is 0 Å². The van der Waals surface area contributed by atoms with E-state index in [-0.39, 0.29) is 6.42 Å². The van der Waals surface area contributed by atoms with Crippen LogP contribution in [0.1, 0.15) is 21.5 Å². The summed E-state index contributed by atoms with van der Waals surface area (Å²) in [5.74, 6) is -1.83. The lowest BCUT2D eigenvalue weighted by Crippen LogP contribution is -2.42. The molecule has 0 spiro atoms. The molecule has 0 heterocycles. The van der Waals surface area contributed by atoms with Crippen LogP contribution >= 0.6 is 0 Å². The first-order valence-electron chi connectivity index (χ1n) is 8.43. The predicted octanol–water partition coefficient (Wildman–Crippen LogP) is 4.28. The number of nitrogens with one attached hydrogen (secondary N) is 1. The Labute approximate surface area is 158 Å². The standard InChI is InChI=1S/C21H16F3NO3/c22-21(23,24)15-10-8-13(9-11-15)12-18(20(27)28)25-19(26)17-7-3-5-14-4-1-2-6-16(14)17/h1-11,18H,12H2,(H,25,26)(H,27,28)/t18-/m0/s1. The molecule has 3 aromatic rings. The molecule has 0 aromatic heterocycles. The largest absolute Gasteiger partial charge is 0.480 e. The summed E-state index contributed by atoms with van der Waals surface area (Å²) < 4.78 is 37.9. The van der Waals surface area contributed by atoms with Crippen molar-refractivity contribution >= 4 is 22.6 Å². The Kier molecular flexibility index (Phi) is 5.35. The minimum atomic E-state index is -4.46. The third-order valence-corrected chi connectivity index (χ3v) is 4.36. The molecule has 0 aliphatic rings. The molecule has 1 atom stereocenters. The predicted molar refractivity (Wildman–Crippen MR) is 98.0 cm³/mol. The number of rotatable bonds is 5. The number of alkyl halides is 3. The third kappa shape index (κ3) is 4.31. The monoisotopic (exact) mass is 387 g/mol. The van der Waals surface area contributed by atoms with Gasteiger partial charge in [-0.25, -0.2) is 4.79 Å². The highest BCUT2D eigenvalue weighted by Crippen LogP contribution is 2.29. The topological polar surface area (TPSA) is 66.4 Å². The highest BCUT2D eigenvalue weighted by atomic mass is 19.4.